The number of halogens is 4. The van der Waals surface area contributed by atoms with Crippen LogP contribution in [0.3, 0.4) is 0 Å². The first-order valence-electron chi connectivity index (χ1n) is 11.4. The van der Waals surface area contributed by atoms with E-state index in [0.29, 0.717) is 21.3 Å². The number of anilines is 1. The average Bonchev–Trinajstić information content (AvgIpc) is 3.49. The van der Waals surface area contributed by atoms with Gasteiger partial charge >= 0.3 is 0 Å². The SMILES string of the molecule is Cc1nnc(N2N=C(c3cc(F)ccc3F)SC2(c2cccc(F)c2)C(CCN)c2ccccc2F)s1. The van der Waals surface area contributed by atoms with E-state index in [4.69, 9.17) is 10.8 Å². The minimum atomic E-state index is -1.36. The Morgan fingerprint density at radius 2 is 1.70 bits per heavy atom. The molecule has 190 valence electrons. The summed E-state index contributed by atoms with van der Waals surface area (Å²) in [5.74, 6) is -3.02. The van der Waals surface area contributed by atoms with Crippen LogP contribution >= 0.6 is 23.1 Å². The number of hydrazone groups is 1. The molecule has 0 saturated heterocycles. The highest BCUT2D eigenvalue weighted by atomic mass is 32.2. The van der Waals surface area contributed by atoms with Crippen molar-refractivity contribution in [3.05, 3.63) is 112 Å². The van der Waals surface area contributed by atoms with Crippen molar-refractivity contribution >= 4 is 33.3 Å². The van der Waals surface area contributed by atoms with Crippen LogP contribution in [-0.2, 0) is 4.87 Å². The summed E-state index contributed by atoms with van der Waals surface area (Å²) < 4.78 is 59.2. The number of nitrogens with zero attached hydrogens (tertiary/aromatic N) is 4. The first kappa shape index (κ1) is 25.4. The molecule has 11 heteroatoms. The van der Waals surface area contributed by atoms with E-state index in [1.54, 1.807) is 31.2 Å². The van der Waals surface area contributed by atoms with Gasteiger partial charge in [0, 0.05) is 11.5 Å². The van der Waals surface area contributed by atoms with Gasteiger partial charge in [0.25, 0.3) is 0 Å². The van der Waals surface area contributed by atoms with Gasteiger partial charge < -0.3 is 5.73 Å². The second-order valence-corrected chi connectivity index (χ2v) is 10.8. The molecule has 1 aromatic heterocycles. The standard InChI is InChI=1S/C26H21F4N5S2/c1-15-32-33-25(36-15)35-26(16-5-4-6-17(27)13-16,21(11-12-31)19-7-2-3-8-22(19)29)37-24(34-35)20-14-18(28)9-10-23(20)30/h2-10,13-14,21H,11-12,31H2,1H3. The quantitative estimate of drug-likeness (QED) is 0.277. The Kier molecular flexibility index (Phi) is 7.02. The van der Waals surface area contributed by atoms with Gasteiger partial charge in [-0.3, -0.25) is 0 Å². The molecule has 2 heterocycles. The summed E-state index contributed by atoms with van der Waals surface area (Å²) in [6.07, 6.45) is 0.271. The minimum absolute atomic E-state index is 0.0745. The Morgan fingerprint density at radius 3 is 2.41 bits per heavy atom. The molecule has 4 aromatic rings. The van der Waals surface area contributed by atoms with E-state index in [-0.39, 0.29) is 23.6 Å². The van der Waals surface area contributed by atoms with E-state index in [2.05, 4.69) is 10.2 Å². The van der Waals surface area contributed by atoms with E-state index in [1.807, 2.05) is 0 Å². The molecule has 1 aliphatic rings. The van der Waals surface area contributed by atoms with Gasteiger partial charge in [-0.15, -0.1) is 10.2 Å². The third kappa shape index (κ3) is 4.62. The molecule has 0 radical (unpaired) electrons. The highest BCUT2D eigenvalue weighted by Crippen LogP contribution is 2.58. The molecule has 0 bridgehead atoms. The van der Waals surface area contributed by atoms with Gasteiger partial charge in [0.15, 0.2) is 0 Å². The maximum absolute atomic E-state index is 15.3. The molecule has 0 amide bonds. The zero-order chi connectivity index (χ0) is 26.2. The molecule has 0 saturated carbocycles. The molecule has 2 N–H and O–H groups in total. The number of nitrogens with two attached hydrogens (primary N) is 1. The van der Waals surface area contributed by atoms with Gasteiger partial charge in [-0.2, -0.15) is 5.10 Å². The van der Waals surface area contributed by atoms with Crippen molar-refractivity contribution in [1.82, 2.24) is 10.2 Å². The van der Waals surface area contributed by atoms with E-state index in [0.717, 1.165) is 30.0 Å². The number of rotatable bonds is 7. The highest BCUT2D eigenvalue weighted by molar-refractivity contribution is 8.15. The lowest BCUT2D eigenvalue weighted by molar-refractivity contribution is 0.433. The van der Waals surface area contributed by atoms with Gasteiger partial charge in [-0.1, -0.05) is 53.4 Å². The number of aromatic nitrogens is 2. The van der Waals surface area contributed by atoms with Crippen molar-refractivity contribution in [2.75, 3.05) is 11.6 Å². The lowest BCUT2D eigenvalue weighted by Crippen LogP contribution is -2.44. The van der Waals surface area contributed by atoms with E-state index < -0.39 is 34.1 Å². The van der Waals surface area contributed by atoms with Gasteiger partial charge in [0.1, 0.15) is 38.2 Å². The van der Waals surface area contributed by atoms with Gasteiger partial charge in [0.2, 0.25) is 5.13 Å². The van der Waals surface area contributed by atoms with Gasteiger partial charge in [-0.05, 0) is 67.4 Å². The van der Waals surface area contributed by atoms with E-state index in [1.165, 1.54) is 40.6 Å². The van der Waals surface area contributed by atoms with Crippen molar-refractivity contribution in [3.63, 3.8) is 0 Å². The van der Waals surface area contributed by atoms with Crippen LogP contribution in [0.25, 0.3) is 0 Å². The topological polar surface area (TPSA) is 67.4 Å². The number of thioether (sulfide) groups is 1. The molecule has 37 heavy (non-hydrogen) atoms. The largest absolute Gasteiger partial charge is 0.330 e. The Bertz CT molecular complexity index is 1480. The van der Waals surface area contributed by atoms with Gasteiger partial charge in [0.05, 0.1) is 0 Å². The molecule has 5 nitrogen and oxygen atoms in total. The van der Waals surface area contributed by atoms with Crippen molar-refractivity contribution in [2.24, 2.45) is 10.8 Å². The van der Waals surface area contributed by atoms with Crippen molar-refractivity contribution in [3.8, 4) is 0 Å². The van der Waals surface area contributed by atoms with Crippen LogP contribution in [0.5, 0.6) is 0 Å². The zero-order valence-electron chi connectivity index (χ0n) is 19.5. The molecular formula is C26H21F4N5S2. The predicted molar refractivity (Wildman–Crippen MR) is 139 cm³/mol. The number of benzene rings is 3. The molecule has 0 aliphatic carbocycles. The van der Waals surface area contributed by atoms with Crippen LogP contribution < -0.4 is 10.7 Å². The summed E-state index contributed by atoms with van der Waals surface area (Å²) >= 11 is 2.30. The normalized spacial score (nSPS) is 18.2. The zero-order valence-corrected chi connectivity index (χ0v) is 21.2. The maximum atomic E-state index is 15.3. The van der Waals surface area contributed by atoms with Crippen LogP contribution in [-0.4, -0.2) is 21.8 Å². The Hall–Kier alpha value is -3.28. The number of hydrogen-bond acceptors (Lipinski definition) is 7. The maximum Gasteiger partial charge on any atom is 0.230 e. The molecule has 0 spiro atoms. The van der Waals surface area contributed by atoms with E-state index in [9.17, 15) is 13.2 Å². The third-order valence-corrected chi connectivity index (χ3v) is 8.37. The number of aryl methyl sites for hydroxylation is 1. The molecular weight excluding hydrogens is 522 g/mol. The lowest BCUT2D eigenvalue weighted by atomic mass is 9.83. The van der Waals surface area contributed by atoms with Crippen LogP contribution in [0.2, 0.25) is 0 Å². The lowest BCUT2D eigenvalue weighted by Gasteiger charge is -2.42. The molecule has 1 aliphatic heterocycles. The first-order valence-corrected chi connectivity index (χ1v) is 13.0. The highest BCUT2D eigenvalue weighted by Gasteiger charge is 2.54. The predicted octanol–water partition coefficient (Wildman–Crippen LogP) is 6.30. The summed E-state index contributed by atoms with van der Waals surface area (Å²) in [7, 11) is 0. The fourth-order valence-corrected chi connectivity index (χ4v) is 6.79. The van der Waals surface area contributed by atoms with E-state index >= 15 is 4.39 Å². The van der Waals surface area contributed by atoms with Crippen molar-refractivity contribution in [2.45, 2.75) is 24.1 Å². The molecule has 2 unspecified atom stereocenters. The summed E-state index contributed by atoms with van der Waals surface area (Å²) in [6.45, 7) is 1.93. The molecule has 0 fully saturated rings. The summed E-state index contributed by atoms with van der Waals surface area (Å²) in [5, 5.41) is 15.7. The fourth-order valence-electron chi connectivity index (χ4n) is 4.50. The Balaban J connectivity index is 1.82. The Morgan fingerprint density at radius 1 is 0.919 bits per heavy atom. The van der Waals surface area contributed by atoms with Crippen LogP contribution in [0.1, 0.15) is 34.0 Å². The first-order chi connectivity index (χ1) is 17.8. The minimum Gasteiger partial charge on any atom is -0.330 e. The fraction of sp³-hybridized carbons (Fsp3) is 0.192. The Labute approximate surface area is 219 Å². The summed E-state index contributed by atoms with van der Waals surface area (Å²) in [6, 6.07) is 15.2. The second-order valence-electron chi connectivity index (χ2n) is 8.41. The average molecular weight is 544 g/mol. The second kappa shape index (κ2) is 10.2. The van der Waals surface area contributed by atoms with Gasteiger partial charge in [-0.25, -0.2) is 22.6 Å². The van der Waals surface area contributed by atoms with Crippen LogP contribution in [0.15, 0.2) is 71.8 Å². The summed E-state index contributed by atoms with van der Waals surface area (Å²) in [4.78, 5) is -1.36. The smallest absolute Gasteiger partial charge is 0.230 e. The van der Waals surface area contributed by atoms with Crippen molar-refractivity contribution < 1.29 is 17.6 Å². The molecule has 5 rings (SSSR count). The van der Waals surface area contributed by atoms with Crippen molar-refractivity contribution in [1.29, 1.82) is 0 Å². The van der Waals surface area contributed by atoms with Crippen LogP contribution in [0.4, 0.5) is 22.7 Å². The molecule has 3 aromatic carbocycles. The monoisotopic (exact) mass is 543 g/mol. The number of hydrogen-bond donors (Lipinski definition) is 1. The summed E-state index contributed by atoms with van der Waals surface area (Å²) in [5.41, 5.74) is 6.72. The van der Waals surface area contributed by atoms with Crippen LogP contribution in [0, 0.1) is 30.2 Å². The molecule has 2 atom stereocenters. The third-order valence-electron chi connectivity index (χ3n) is 6.06.